The molecule has 0 aromatic heterocycles. The zero-order valence-corrected chi connectivity index (χ0v) is 43.7. The van der Waals surface area contributed by atoms with Gasteiger partial charge in [-0.1, -0.05) is 243 Å². The topological polar surface area (TPSA) is 149 Å². The highest BCUT2D eigenvalue weighted by Gasteiger charge is 2.44. The van der Waals surface area contributed by atoms with E-state index in [1.165, 1.54) is 199 Å². The van der Waals surface area contributed by atoms with Crippen molar-refractivity contribution < 1.29 is 39.8 Å². The fourth-order valence-electron chi connectivity index (χ4n) is 9.11. The van der Waals surface area contributed by atoms with Gasteiger partial charge in [-0.2, -0.15) is 0 Å². The molecule has 9 nitrogen and oxygen atoms in total. The highest BCUT2D eigenvalue weighted by Crippen LogP contribution is 2.23. The molecule has 9 heteroatoms. The first-order valence-electron chi connectivity index (χ1n) is 28.7. The second-order valence-corrected chi connectivity index (χ2v) is 20.1. The molecule has 0 aromatic rings. The smallest absolute Gasteiger partial charge is 0.220 e. The number of carbonyl (C=O) groups excluding carboxylic acids is 1. The Labute approximate surface area is 412 Å². The van der Waals surface area contributed by atoms with Gasteiger partial charge in [0.1, 0.15) is 24.4 Å². The van der Waals surface area contributed by atoms with Crippen LogP contribution in [-0.4, -0.2) is 87.5 Å². The summed E-state index contributed by atoms with van der Waals surface area (Å²) in [5, 5.41) is 54.5. The van der Waals surface area contributed by atoms with Gasteiger partial charge in [0.15, 0.2) is 6.29 Å². The van der Waals surface area contributed by atoms with Crippen molar-refractivity contribution in [3.63, 3.8) is 0 Å². The molecule has 1 aliphatic heterocycles. The average molecular weight is 949 g/mol. The number of ether oxygens (including phenoxy) is 2. The number of amides is 1. The molecule has 1 aliphatic rings. The molecule has 1 fully saturated rings. The Kier molecular flexibility index (Phi) is 45.5. The summed E-state index contributed by atoms with van der Waals surface area (Å²) in [5.41, 5.74) is 0. The lowest BCUT2D eigenvalue weighted by molar-refractivity contribution is -0.302. The molecular formula is C58H109NO8. The minimum absolute atomic E-state index is 0.189. The maximum atomic E-state index is 13.0. The largest absolute Gasteiger partial charge is 0.394 e. The molecule has 1 amide bonds. The van der Waals surface area contributed by atoms with E-state index in [-0.39, 0.29) is 12.5 Å². The number of aliphatic hydroxyl groups is 5. The summed E-state index contributed by atoms with van der Waals surface area (Å²) in [6.07, 6.45) is 55.0. The Bertz CT molecular complexity index is 1150. The zero-order valence-electron chi connectivity index (χ0n) is 43.7. The summed E-state index contributed by atoms with van der Waals surface area (Å²) in [6.45, 7) is 3.79. The van der Waals surface area contributed by atoms with E-state index >= 15 is 0 Å². The summed E-state index contributed by atoms with van der Waals surface area (Å²) in [5.74, 6) is -0.189. The van der Waals surface area contributed by atoms with Crippen molar-refractivity contribution in [2.75, 3.05) is 13.2 Å². The molecule has 1 rings (SSSR count). The molecule has 6 N–H and O–H groups in total. The van der Waals surface area contributed by atoms with Gasteiger partial charge in [-0.15, -0.1) is 0 Å². The molecule has 394 valence electrons. The van der Waals surface area contributed by atoms with E-state index in [1.54, 1.807) is 6.08 Å². The Balaban J connectivity index is 2.26. The average Bonchev–Trinajstić information content (AvgIpc) is 3.33. The lowest BCUT2D eigenvalue weighted by Crippen LogP contribution is -2.60. The highest BCUT2D eigenvalue weighted by atomic mass is 16.7. The first-order valence-corrected chi connectivity index (χ1v) is 28.7. The number of nitrogens with one attached hydrogen (secondary N) is 1. The fraction of sp³-hybridized carbons (Fsp3) is 0.879. The van der Waals surface area contributed by atoms with Crippen LogP contribution in [0.15, 0.2) is 36.5 Å². The molecule has 7 atom stereocenters. The fourth-order valence-corrected chi connectivity index (χ4v) is 9.11. The van der Waals surface area contributed by atoms with Crippen molar-refractivity contribution in [2.45, 2.75) is 314 Å². The van der Waals surface area contributed by atoms with Gasteiger partial charge in [-0.25, -0.2) is 0 Å². The lowest BCUT2D eigenvalue weighted by Gasteiger charge is -2.40. The van der Waals surface area contributed by atoms with Crippen molar-refractivity contribution in [3.05, 3.63) is 36.5 Å². The lowest BCUT2D eigenvalue weighted by atomic mass is 9.99. The van der Waals surface area contributed by atoms with Crippen LogP contribution in [0.5, 0.6) is 0 Å². The first-order chi connectivity index (χ1) is 32.8. The van der Waals surface area contributed by atoms with Gasteiger partial charge in [0.05, 0.1) is 25.4 Å². The molecular weight excluding hydrogens is 839 g/mol. The molecule has 1 heterocycles. The van der Waals surface area contributed by atoms with Gasteiger partial charge in [-0.3, -0.25) is 4.79 Å². The first kappa shape index (κ1) is 63.4. The van der Waals surface area contributed by atoms with Crippen LogP contribution in [0.3, 0.4) is 0 Å². The number of allylic oxidation sites excluding steroid dienone is 5. The van der Waals surface area contributed by atoms with Gasteiger partial charge in [0.2, 0.25) is 5.91 Å². The molecule has 67 heavy (non-hydrogen) atoms. The summed E-state index contributed by atoms with van der Waals surface area (Å²) in [7, 11) is 0. The molecule has 0 radical (unpaired) electrons. The normalized spacial score (nSPS) is 19.9. The van der Waals surface area contributed by atoms with E-state index in [9.17, 15) is 30.3 Å². The van der Waals surface area contributed by atoms with Crippen molar-refractivity contribution >= 4 is 5.91 Å². The van der Waals surface area contributed by atoms with Gasteiger partial charge >= 0.3 is 0 Å². The maximum absolute atomic E-state index is 13.0. The summed E-state index contributed by atoms with van der Waals surface area (Å²) < 4.78 is 11.3. The van der Waals surface area contributed by atoms with Crippen LogP contribution in [0.2, 0.25) is 0 Å². The summed E-state index contributed by atoms with van der Waals surface area (Å²) in [4.78, 5) is 13.0. The van der Waals surface area contributed by atoms with Crippen LogP contribution in [0, 0.1) is 0 Å². The third-order valence-electron chi connectivity index (χ3n) is 13.7. The van der Waals surface area contributed by atoms with Gasteiger partial charge < -0.3 is 40.3 Å². The molecule has 0 saturated carbocycles. The highest BCUT2D eigenvalue weighted by molar-refractivity contribution is 5.76. The van der Waals surface area contributed by atoms with Crippen LogP contribution in [0.4, 0.5) is 0 Å². The predicted octanol–water partition coefficient (Wildman–Crippen LogP) is 14.0. The van der Waals surface area contributed by atoms with E-state index in [4.69, 9.17) is 9.47 Å². The number of unbranched alkanes of at least 4 members (excludes halogenated alkanes) is 35. The monoisotopic (exact) mass is 948 g/mol. The Morgan fingerprint density at radius 1 is 0.493 bits per heavy atom. The van der Waals surface area contributed by atoms with Crippen LogP contribution in [0.1, 0.15) is 271 Å². The van der Waals surface area contributed by atoms with E-state index in [0.717, 1.165) is 51.4 Å². The van der Waals surface area contributed by atoms with Gasteiger partial charge in [0, 0.05) is 6.42 Å². The Morgan fingerprint density at radius 3 is 1.25 bits per heavy atom. The Hall–Kier alpha value is -1.59. The number of hydrogen-bond donors (Lipinski definition) is 6. The van der Waals surface area contributed by atoms with Crippen LogP contribution in [-0.2, 0) is 14.3 Å². The second kappa shape index (κ2) is 48.1. The van der Waals surface area contributed by atoms with Crippen LogP contribution in [0.25, 0.3) is 0 Å². The Morgan fingerprint density at radius 2 is 0.851 bits per heavy atom. The molecule has 0 aromatic carbocycles. The zero-order chi connectivity index (χ0) is 48.7. The van der Waals surface area contributed by atoms with Gasteiger partial charge in [0.25, 0.3) is 0 Å². The summed E-state index contributed by atoms with van der Waals surface area (Å²) in [6, 6.07) is -0.824. The van der Waals surface area contributed by atoms with E-state index < -0.39 is 49.5 Å². The SMILES string of the molecule is CCCCCCCCCC/C=C\CCCCCCCCCC(=O)NC(COC1OC(CO)C(O)C(O)C1O)C(O)/C=C/CC/C=C/CCCCCCCCCCCCCCCCCCCCC. The molecule has 0 spiro atoms. The van der Waals surface area contributed by atoms with Crippen LogP contribution >= 0.6 is 0 Å². The van der Waals surface area contributed by atoms with Crippen molar-refractivity contribution in [1.82, 2.24) is 5.32 Å². The predicted molar refractivity (Wildman–Crippen MR) is 281 cm³/mol. The second-order valence-electron chi connectivity index (χ2n) is 20.1. The molecule has 0 aliphatic carbocycles. The quantitative estimate of drug-likeness (QED) is 0.0261. The molecule has 1 saturated heterocycles. The minimum atomic E-state index is -1.57. The number of hydrogen-bond acceptors (Lipinski definition) is 8. The third-order valence-corrected chi connectivity index (χ3v) is 13.7. The minimum Gasteiger partial charge on any atom is -0.394 e. The van der Waals surface area contributed by atoms with E-state index in [0.29, 0.717) is 6.42 Å². The number of rotatable bonds is 49. The van der Waals surface area contributed by atoms with Crippen molar-refractivity contribution in [2.24, 2.45) is 0 Å². The van der Waals surface area contributed by atoms with Gasteiger partial charge in [-0.05, 0) is 57.8 Å². The van der Waals surface area contributed by atoms with Crippen molar-refractivity contribution in [1.29, 1.82) is 0 Å². The summed E-state index contributed by atoms with van der Waals surface area (Å²) >= 11 is 0. The standard InChI is InChI=1S/C58H109NO8/c1-3-5-7-9-11-13-15-17-19-21-23-24-25-26-27-28-30-31-33-35-37-39-41-43-45-47-52(61)51(50-66-58-57(65)56(64)55(63)53(49-60)67-58)59-54(62)48-46-44-42-40-38-36-34-32-29-22-20-18-16-14-12-10-8-6-4-2/h22,29,37,39,45,47,51-53,55-58,60-61,63-65H,3-21,23-28,30-36,38,40-44,46,48-50H2,1-2H3,(H,59,62)/b29-22-,39-37+,47-45+. The van der Waals surface area contributed by atoms with Crippen molar-refractivity contribution in [3.8, 4) is 0 Å². The molecule has 7 unspecified atom stereocenters. The number of carbonyl (C=O) groups is 1. The third kappa shape index (κ3) is 37.9. The molecule has 0 bridgehead atoms. The maximum Gasteiger partial charge on any atom is 0.220 e. The number of aliphatic hydroxyl groups excluding tert-OH is 5. The van der Waals surface area contributed by atoms with E-state index in [1.807, 2.05) is 6.08 Å². The van der Waals surface area contributed by atoms with Crippen LogP contribution < -0.4 is 5.32 Å². The van der Waals surface area contributed by atoms with E-state index in [2.05, 4.69) is 43.5 Å².